The lowest BCUT2D eigenvalue weighted by molar-refractivity contribution is -0.137. The van der Waals surface area contributed by atoms with E-state index in [1.165, 1.54) is 11.1 Å². The van der Waals surface area contributed by atoms with Crippen molar-refractivity contribution in [1.29, 1.82) is 0 Å². The maximum absolute atomic E-state index is 14.3. The first-order valence-corrected chi connectivity index (χ1v) is 14.9. The SMILES string of the molecule is CC(N)C(=O)NC(Cc1cccc(C(N)=O)c1)C(=O)N1CC(c2ccccc2)CC1CN1CCC(c2ccccc2)C1. The molecule has 2 saturated heterocycles. The summed E-state index contributed by atoms with van der Waals surface area (Å²) in [6.45, 7) is 4.91. The van der Waals surface area contributed by atoms with Crippen LogP contribution in [0.25, 0.3) is 0 Å². The number of carbonyl (C=O) groups is 3. The molecule has 8 nitrogen and oxygen atoms in total. The molecule has 3 aromatic rings. The second kappa shape index (κ2) is 13.3. The zero-order valence-electron chi connectivity index (χ0n) is 24.2. The van der Waals surface area contributed by atoms with Crippen molar-refractivity contribution in [2.75, 3.05) is 26.2 Å². The molecule has 2 fully saturated rings. The first-order chi connectivity index (χ1) is 20.3. The molecule has 0 radical (unpaired) electrons. The van der Waals surface area contributed by atoms with Gasteiger partial charge < -0.3 is 26.6 Å². The van der Waals surface area contributed by atoms with Gasteiger partial charge in [0, 0.05) is 43.6 Å². The van der Waals surface area contributed by atoms with Crippen molar-refractivity contribution in [1.82, 2.24) is 15.1 Å². The van der Waals surface area contributed by atoms with Crippen LogP contribution in [0.4, 0.5) is 0 Å². The molecule has 3 aromatic carbocycles. The van der Waals surface area contributed by atoms with Gasteiger partial charge in [-0.05, 0) is 61.1 Å². The van der Waals surface area contributed by atoms with Crippen molar-refractivity contribution < 1.29 is 14.4 Å². The Morgan fingerprint density at radius 1 is 0.905 bits per heavy atom. The number of benzene rings is 3. The fourth-order valence-electron chi connectivity index (χ4n) is 6.41. The number of primary amides is 1. The van der Waals surface area contributed by atoms with Gasteiger partial charge in [0.25, 0.3) is 0 Å². The van der Waals surface area contributed by atoms with Crippen LogP contribution in [0.15, 0.2) is 84.9 Å². The lowest BCUT2D eigenvalue weighted by atomic mass is 9.96. The summed E-state index contributed by atoms with van der Waals surface area (Å²) in [7, 11) is 0. The highest BCUT2D eigenvalue weighted by molar-refractivity contribution is 5.93. The van der Waals surface area contributed by atoms with Crippen LogP contribution in [-0.2, 0) is 16.0 Å². The minimum atomic E-state index is -0.820. The largest absolute Gasteiger partial charge is 0.366 e. The molecule has 2 aliphatic rings. The van der Waals surface area contributed by atoms with Gasteiger partial charge in [-0.2, -0.15) is 0 Å². The fraction of sp³-hybridized carbons (Fsp3) is 0.382. The topological polar surface area (TPSA) is 122 Å². The first kappa shape index (κ1) is 29.5. The van der Waals surface area contributed by atoms with Crippen LogP contribution in [0.2, 0.25) is 0 Å². The number of nitrogens with two attached hydrogens (primary N) is 2. The van der Waals surface area contributed by atoms with Gasteiger partial charge in [-0.15, -0.1) is 0 Å². The molecule has 0 saturated carbocycles. The van der Waals surface area contributed by atoms with E-state index in [1.54, 1.807) is 25.1 Å². The summed E-state index contributed by atoms with van der Waals surface area (Å²) in [5.74, 6) is -0.368. The second-order valence-electron chi connectivity index (χ2n) is 11.8. The third-order valence-corrected chi connectivity index (χ3v) is 8.66. The van der Waals surface area contributed by atoms with Crippen molar-refractivity contribution in [3.05, 3.63) is 107 Å². The molecule has 8 heteroatoms. The van der Waals surface area contributed by atoms with Crippen molar-refractivity contribution in [2.45, 2.75) is 56.1 Å². The number of nitrogens with zero attached hydrogens (tertiary/aromatic N) is 2. The molecule has 42 heavy (non-hydrogen) atoms. The molecule has 5 rings (SSSR count). The Hall–Kier alpha value is -4.01. The molecule has 0 bridgehead atoms. The summed E-state index contributed by atoms with van der Waals surface area (Å²) in [6, 6.07) is 26.3. The number of rotatable bonds is 10. The van der Waals surface area contributed by atoms with E-state index in [-0.39, 0.29) is 30.2 Å². The van der Waals surface area contributed by atoms with E-state index < -0.39 is 18.0 Å². The number of likely N-dealkylation sites (tertiary alicyclic amines) is 2. The molecule has 0 spiro atoms. The van der Waals surface area contributed by atoms with E-state index >= 15 is 0 Å². The molecule has 220 valence electrons. The number of hydrogen-bond acceptors (Lipinski definition) is 5. The third-order valence-electron chi connectivity index (χ3n) is 8.66. The molecule has 0 aliphatic carbocycles. The summed E-state index contributed by atoms with van der Waals surface area (Å²) >= 11 is 0. The van der Waals surface area contributed by atoms with Crippen LogP contribution in [0.3, 0.4) is 0 Å². The van der Waals surface area contributed by atoms with Gasteiger partial charge in [0.2, 0.25) is 17.7 Å². The van der Waals surface area contributed by atoms with Crippen molar-refractivity contribution in [3.63, 3.8) is 0 Å². The summed E-state index contributed by atoms with van der Waals surface area (Å²) < 4.78 is 0. The van der Waals surface area contributed by atoms with E-state index in [4.69, 9.17) is 11.5 Å². The Bertz CT molecular complexity index is 1380. The fourth-order valence-corrected chi connectivity index (χ4v) is 6.41. The minimum absolute atomic E-state index is 0.00360. The quantitative estimate of drug-likeness (QED) is 0.348. The van der Waals surface area contributed by atoms with Crippen LogP contribution >= 0.6 is 0 Å². The molecule has 5 unspecified atom stereocenters. The van der Waals surface area contributed by atoms with Crippen LogP contribution in [0.1, 0.15) is 58.6 Å². The van der Waals surface area contributed by atoms with Gasteiger partial charge in [-0.3, -0.25) is 14.4 Å². The standard InChI is InChI=1S/C34H41N5O3/c1-23(35)33(41)37-31(18-24-9-8-14-27(17-24)32(36)40)34(42)39-21-29(26-12-6-3-7-13-26)19-30(39)22-38-16-15-28(20-38)25-10-4-2-5-11-25/h2-14,17,23,28-31H,15-16,18-22,35H2,1H3,(H2,36,40)(H,37,41). The number of carbonyl (C=O) groups excluding carboxylic acids is 3. The van der Waals surface area contributed by atoms with E-state index in [2.05, 4.69) is 46.6 Å². The highest BCUT2D eigenvalue weighted by Crippen LogP contribution is 2.35. The van der Waals surface area contributed by atoms with Crippen LogP contribution in [-0.4, -0.2) is 71.8 Å². The maximum Gasteiger partial charge on any atom is 0.248 e. The summed E-state index contributed by atoms with van der Waals surface area (Å²) in [6.07, 6.45) is 2.18. The van der Waals surface area contributed by atoms with E-state index in [9.17, 15) is 14.4 Å². The molecular formula is C34H41N5O3. The number of nitrogens with one attached hydrogen (secondary N) is 1. The molecule has 2 aliphatic heterocycles. The predicted molar refractivity (Wildman–Crippen MR) is 164 cm³/mol. The summed E-state index contributed by atoms with van der Waals surface area (Å²) in [5, 5.41) is 2.90. The van der Waals surface area contributed by atoms with Crippen LogP contribution in [0, 0.1) is 0 Å². The Balaban J connectivity index is 1.38. The summed E-state index contributed by atoms with van der Waals surface area (Å²) in [4.78, 5) is 43.3. The first-order valence-electron chi connectivity index (χ1n) is 14.9. The monoisotopic (exact) mass is 567 g/mol. The lowest BCUT2D eigenvalue weighted by Crippen LogP contribution is -2.55. The number of amides is 3. The highest BCUT2D eigenvalue weighted by atomic mass is 16.2. The van der Waals surface area contributed by atoms with E-state index in [0.29, 0.717) is 18.0 Å². The zero-order valence-corrected chi connectivity index (χ0v) is 24.2. The lowest BCUT2D eigenvalue weighted by Gasteiger charge is -2.32. The molecule has 2 heterocycles. The zero-order chi connectivity index (χ0) is 29.6. The average molecular weight is 568 g/mol. The van der Waals surface area contributed by atoms with Crippen molar-refractivity contribution >= 4 is 17.7 Å². The Morgan fingerprint density at radius 3 is 2.21 bits per heavy atom. The van der Waals surface area contributed by atoms with Gasteiger partial charge in [0.1, 0.15) is 6.04 Å². The van der Waals surface area contributed by atoms with Crippen molar-refractivity contribution in [3.8, 4) is 0 Å². The van der Waals surface area contributed by atoms with Crippen LogP contribution < -0.4 is 16.8 Å². The molecule has 5 atom stereocenters. The van der Waals surface area contributed by atoms with Gasteiger partial charge in [-0.1, -0.05) is 72.8 Å². The third kappa shape index (κ3) is 7.06. The Kier molecular flexibility index (Phi) is 9.35. The molecule has 5 N–H and O–H groups in total. The average Bonchev–Trinajstić information content (AvgIpc) is 3.65. The van der Waals surface area contributed by atoms with E-state index in [1.807, 2.05) is 35.2 Å². The van der Waals surface area contributed by atoms with Gasteiger partial charge >= 0.3 is 0 Å². The normalized spacial score (nSPS) is 22.0. The van der Waals surface area contributed by atoms with Crippen LogP contribution in [0.5, 0.6) is 0 Å². The minimum Gasteiger partial charge on any atom is -0.366 e. The Morgan fingerprint density at radius 2 is 1.57 bits per heavy atom. The smallest absolute Gasteiger partial charge is 0.248 e. The number of hydrogen-bond donors (Lipinski definition) is 3. The molecule has 0 aromatic heterocycles. The highest BCUT2D eigenvalue weighted by Gasteiger charge is 2.40. The molecule has 3 amide bonds. The van der Waals surface area contributed by atoms with E-state index in [0.717, 1.165) is 38.0 Å². The van der Waals surface area contributed by atoms with Crippen molar-refractivity contribution in [2.24, 2.45) is 11.5 Å². The van der Waals surface area contributed by atoms with Gasteiger partial charge in [0.15, 0.2) is 0 Å². The summed E-state index contributed by atoms with van der Waals surface area (Å²) in [5.41, 5.74) is 15.1. The second-order valence-corrected chi connectivity index (χ2v) is 11.8. The Labute approximate surface area is 248 Å². The molecular weight excluding hydrogens is 526 g/mol. The predicted octanol–water partition coefficient (Wildman–Crippen LogP) is 3.03. The van der Waals surface area contributed by atoms with Gasteiger partial charge in [-0.25, -0.2) is 0 Å². The van der Waals surface area contributed by atoms with Gasteiger partial charge in [0.05, 0.1) is 6.04 Å². The maximum atomic E-state index is 14.3.